The summed E-state index contributed by atoms with van der Waals surface area (Å²) in [6.45, 7) is 3.94. The van der Waals surface area contributed by atoms with E-state index in [2.05, 4.69) is 17.0 Å². The average molecular weight is 371 g/mol. The highest BCUT2D eigenvalue weighted by atomic mass is 16.5. The lowest BCUT2D eigenvalue weighted by atomic mass is 9.73. The first kappa shape index (κ1) is 19.2. The molecule has 0 spiro atoms. The predicted molar refractivity (Wildman–Crippen MR) is 101 cm³/mol. The number of methoxy groups -OCH3 is 1. The van der Waals surface area contributed by atoms with Crippen molar-refractivity contribution in [3.63, 3.8) is 0 Å². The molecular weight excluding hydrogens is 346 g/mol. The second kappa shape index (κ2) is 7.96. The quantitative estimate of drug-likeness (QED) is 0.814. The summed E-state index contributed by atoms with van der Waals surface area (Å²) in [5.74, 6) is -0.155. The fraction of sp³-hybridized carbons (Fsp3) is 0.429. The molecule has 1 aliphatic rings. The molecule has 1 aromatic heterocycles. The Hall–Kier alpha value is -2.60. The second-order valence-corrected chi connectivity index (χ2v) is 7.19. The van der Waals surface area contributed by atoms with E-state index in [9.17, 15) is 14.7 Å². The van der Waals surface area contributed by atoms with Crippen LogP contribution in [0.1, 0.15) is 36.3 Å². The number of rotatable bonds is 5. The average Bonchev–Trinajstić information content (AvgIpc) is 2.67. The lowest BCUT2D eigenvalue weighted by molar-refractivity contribution is -0.143. The predicted octanol–water partition coefficient (Wildman–Crippen LogP) is 2.75. The molecule has 1 saturated heterocycles. The third kappa shape index (κ3) is 4.22. The van der Waals surface area contributed by atoms with Crippen molar-refractivity contribution in [1.82, 2.24) is 4.90 Å². The molecule has 0 unspecified atom stereocenters. The monoisotopic (exact) mass is 371 g/mol. The molecule has 2 heterocycles. The van der Waals surface area contributed by atoms with Crippen LogP contribution in [0.3, 0.4) is 0 Å². The summed E-state index contributed by atoms with van der Waals surface area (Å²) in [6.07, 6.45) is 1.26. The fourth-order valence-electron chi connectivity index (χ4n) is 3.78. The van der Waals surface area contributed by atoms with Crippen LogP contribution in [-0.2, 0) is 21.5 Å². The maximum Gasteiger partial charge on any atom is 0.306 e. The number of hydrogen-bond donors (Lipinski definition) is 1. The molecule has 0 bridgehead atoms. The summed E-state index contributed by atoms with van der Waals surface area (Å²) in [5, 5.41) is 10.4. The largest absolute Gasteiger partial charge is 0.502 e. The van der Waals surface area contributed by atoms with E-state index in [1.165, 1.54) is 18.7 Å². The van der Waals surface area contributed by atoms with Gasteiger partial charge in [-0.3, -0.25) is 14.5 Å². The number of aromatic hydroxyl groups is 1. The zero-order chi connectivity index (χ0) is 19.4. The summed E-state index contributed by atoms with van der Waals surface area (Å²) < 4.78 is 10.6. The van der Waals surface area contributed by atoms with Crippen LogP contribution >= 0.6 is 0 Å². The molecule has 6 nitrogen and oxygen atoms in total. The molecular formula is C21H25NO5. The molecule has 27 heavy (non-hydrogen) atoms. The Morgan fingerprint density at radius 1 is 1.26 bits per heavy atom. The zero-order valence-electron chi connectivity index (χ0n) is 15.7. The molecule has 0 radical (unpaired) electrons. The summed E-state index contributed by atoms with van der Waals surface area (Å²) in [4.78, 5) is 26.4. The number of piperidine rings is 1. The van der Waals surface area contributed by atoms with Crippen molar-refractivity contribution in [3.05, 3.63) is 63.7 Å². The first-order valence-corrected chi connectivity index (χ1v) is 9.11. The van der Waals surface area contributed by atoms with Gasteiger partial charge in [0.25, 0.3) is 0 Å². The minimum absolute atomic E-state index is 0.0721. The van der Waals surface area contributed by atoms with Gasteiger partial charge in [0.05, 0.1) is 13.5 Å². The molecule has 6 heteroatoms. The molecule has 0 saturated carbocycles. The summed E-state index contributed by atoms with van der Waals surface area (Å²) >= 11 is 0. The minimum atomic E-state index is -0.741. The first-order chi connectivity index (χ1) is 12.9. The Morgan fingerprint density at radius 3 is 2.56 bits per heavy atom. The van der Waals surface area contributed by atoms with Crippen LogP contribution in [0.15, 0.2) is 45.6 Å². The maximum atomic E-state index is 12.1. The highest BCUT2D eigenvalue weighted by molar-refractivity contribution is 5.71. The number of benzene rings is 1. The Morgan fingerprint density at radius 2 is 1.93 bits per heavy atom. The van der Waals surface area contributed by atoms with E-state index in [1.54, 1.807) is 6.92 Å². The van der Waals surface area contributed by atoms with Crippen LogP contribution in [0.25, 0.3) is 0 Å². The number of esters is 1. The van der Waals surface area contributed by atoms with E-state index >= 15 is 0 Å². The highest BCUT2D eigenvalue weighted by Gasteiger charge is 2.43. The third-order valence-corrected chi connectivity index (χ3v) is 5.30. The summed E-state index contributed by atoms with van der Waals surface area (Å²) in [5.41, 5.74) is 0.00262. The lowest BCUT2D eigenvalue weighted by Gasteiger charge is -2.40. The Labute approximate surface area is 158 Å². The molecule has 3 rings (SSSR count). The van der Waals surface area contributed by atoms with Gasteiger partial charge in [0.2, 0.25) is 11.2 Å². The van der Waals surface area contributed by atoms with Crippen LogP contribution in [0, 0.1) is 6.92 Å². The molecule has 1 aliphatic heterocycles. The van der Waals surface area contributed by atoms with Gasteiger partial charge in [0, 0.05) is 18.0 Å². The molecule has 1 fully saturated rings. The Bertz CT molecular complexity index is 851. The number of nitrogens with zero attached hydrogens (tertiary/aromatic N) is 1. The number of aryl methyl sites for hydroxylation is 1. The van der Waals surface area contributed by atoms with Gasteiger partial charge >= 0.3 is 5.97 Å². The first-order valence-electron chi connectivity index (χ1n) is 9.11. The van der Waals surface area contributed by atoms with Crippen LogP contribution in [-0.4, -0.2) is 36.2 Å². The molecule has 0 atom stereocenters. The number of likely N-dealkylation sites (tertiary alicyclic amines) is 1. The van der Waals surface area contributed by atoms with Gasteiger partial charge < -0.3 is 14.3 Å². The van der Waals surface area contributed by atoms with Gasteiger partial charge in [-0.2, -0.15) is 0 Å². The van der Waals surface area contributed by atoms with Crippen molar-refractivity contribution >= 4 is 5.97 Å². The number of carbonyl (C=O) groups is 1. The van der Waals surface area contributed by atoms with Crippen LogP contribution in [0.2, 0.25) is 0 Å². The highest BCUT2D eigenvalue weighted by Crippen LogP contribution is 2.42. The maximum absolute atomic E-state index is 12.1. The van der Waals surface area contributed by atoms with Crippen molar-refractivity contribution in [2.75, 3.05) is 20.2 Å². The van der Waals surface area contributed by atoms with Gasteiger partial charge in [0.15, 0.2) is 5.76 Å². The Balaban J connectivity index is 1.86. The molecule has 1 N–H and O–H groups in total. The van der Waals surface area contributed by atoms with E-state index in [-0.39, 0.29) is 18.2 Å². The van der Waals surface area contributed by atoms with Crippen molar-refractivity contribution in [2.24, 2.45) is 0 Å². The van der Waals surface area contributed by atoms with Gasteiger partial charge in [-0.05, 0) is 38.4 Å². The van der Waals surface area contributed by atoms with Crippen molar-refractivity contribution in [1.29, 1.82) is 0 Å². The second-order valence-electron chi connectivity index (χ2n) is 7.19. The topological polar surface area (TPSA) is 80.0 Å². The third-order valence-electron chi connectivity index (χ3n) is 5.30. The Kier molecular flexibility index (Phi) is 5.65. The summed E-state index contributed by atoms with van der Waals surface area (Å²) in [7, 11) is 1.34. The molecule has 0 amide bonds. The van der Waals surface area contributed by atoms with Gasteiger partial charge in [-0.1, -0.05) is 30.3 Å². The zero-order valence-corrected chi connectivity index (χ0v) is 15.7. The van der Waals surface area contributed by atoms with Gasteiger partial charge in [-0.15, -0.1) is 0 Å². The SMILES string of the molecule is COC(=O)CC1(c2oc(C)cc(=O)c2O)CCN(Cc2ccccc2)CC1. The standard InChI is InChI=1S/C21H25NO5/c1-15-12-17(23)19(25)20(27-15)21(13-18(24)26-2)8-10-22(11-9-21)14-16-6-4-3-5-7-16/h3-7,12,25H,8-11,13-14H2,1-2H3. The van der Waals surface area contributed by atoms with Gasteiger partial charge in [0.1, 0.15) is 5.76 Å². The van der Waals surface area contributed by atoms with E-state index in [0.29, 0.717) is 18.6 Å². The summed E-state index contributed by atoms with van der Waals surface area (Å²) in [6, 6.07) is 11.4. The normalized spacial score (nSPS) is 16.8. The van der Waals surface area contributed by atoms with E-state index in [1.807, 2.05) is 18.2 Å². The van der Waals surface area contributed by atoms with E-state index < -0.39 is 16.6 Å². The fourth-order valence-corrected chi connectivity index (χ4v) is 3.78. The molecule has 144 valence electrons. The number of ether oxygens (including phenoxy) is 1. The van der Waals surface area contributed by atoms with Crippen LogP contribution in [0.4, 0.5) is 0 Å². The van der Waals surface area contributed by atoms with E-state index in [0.717, 1.165) is 19.6 Å². The minimum Gasteiger partial charge on any atom is -0.502 e. The molecule has 1 aromatic carbocycles. The van der Waals surface area contributed by atoms with Crippen LogP contribution < -0.4 is 5.43 Å². The smallest absolute Gasteiger partial charge is 0.306 e. The number of carbonyl (C=O) groups excluding carboxylic acids is 1. The van der Waals surface area contributed by atoms with Crippen molar-refractivity contribution < 1.29 is 19.1 Å². The van der Waals surface area contributed by atoms with E-state index in [4.69, 9.17) is 9.15 Å². The van der Waals surface area contributed by atoms with Crippen LogP contribution in [0.5, 0.6) is 5.75 Å². The van der Waals surface area contributed by atoms with Gasteiger partial charge in [-0.25, -0.2) is 0 Å². The number of hydrogen-bond acceptors (Lipinski definition) is 6. The van der Waals surface area contributed by atoms with Crippen molar-refractivity contribution in [2.45, 2.75) is 38.1 Å². The lowest BCUT2D eigenvalue weighted by Crippen LogP contribution is -2.44. The molecule has 0 aliphatic carbocycles. The van der Waals surface area contributed by atoms with Crippen molar-refractivity contribution in [3.8, 4) is 5.75 Å². The molecule has 2 aromatic rings.